The maximum atomic E-state index is 12.6. The van der Waals surface area contributed by atoms with Crippen LogP contribution in [0.3, 0.4) is 0 Å². The van der Waals surface area contributed by atoms with Gasteiger partial charge in [-0.15, -0.1) is 0 Å². The zero-order valence-corrected chi connectivity index (χ0v) is 12.8. The molecule has 0 aliphatic carbocycles. The predicted molar refractivity (Wildman–Crippen MR) is 80.5 cm³/mol. The van der Waals surface area contributed by atoms with Crippen LogP contribution in [0.5, 0.6) is 0 Å². The largest absolute Gasteiger partial charge is 0.269 e. The molecule has 6 heteroatoms. The Labute approximate surface area is 124 Å². The fourth-order valence-electron chi connectivity index (χ4n) is 2.05. The first kappa shape index (κ1) is 15.0. The van der Waals surface area contributed by atoms with Crippen molar-refractivity contribution < 1.29 is 8.42 Å². The Kier molecular flexibility index (Phi) is 3.96. The van der Waals surface area contributed by atoms with Gasteiger partial charge < -0.3 is 0 Å². The highest BCUT2D eigenvalue weighted by Crippen LogP contribution is 2.25. The van der Waals surface area contributed by atoms with E-state index in [2.05, 4.69) is 4.98 Å². The van der Waals surface area contributed by atoms with Crippen LogP contribution in [0.1, 0.15) is 16.8 Å². The molecular weight excluding hydrogens is 286 g/mol. The number of hydrogen-bond acceptors (Lipinski definition) is 4. The van der Waals surface area contributed by atoms with E-state index in [1.165, 1.54) is 29.7 Å². The molecule has 0 saturated heterocycles. The van der Waals surface area contributed by atoms with Gasteiger partial charge in [-0.1, -0.05) is 17.7 Å². The molecule has 2 rings (SSSR count). The van der Waals surface area contributed by atoms with Gasteiger partial charge in [0.2, 0.25) is 0 Å². The van der Waals surface area contributed by atoms with Crippen molar-refractivity contribution in [2.45, 2.75) is 18.7 Å². The Hall–Kier alpha value is -2.39. The maximum absolute atomic E-state index is 12.6. The van der Waals surface area contributed by atoms with Crippen molar-refractivity contribution in [3.05, 3.63) is 53.3 Å². The zero-order chi connectivity index (χ0) is 15.6. The molecule has 1 aromatic carbocycles. The molecule has 21 heavy (non-hydrogen) atoms. The smallest absolute Gasteiger partial charge is 0.265 e. The molecular formula is C15H15N3O2S. The van der Waals surface area contributed by atoms with E-state index in [4.69, 9.17) is 5.26 Å². The zero-order valence-electron chi connectivity index (χ0n) is 12.0. The Balaban J connectivity index is 2.45. The maximum Gasteiger partial charge on any atom is 0.265 e. The van der Waals surface area contributed by atoms with E-state index in [0.29, 0.717) is 5.69 Å². The first-order valence-electron chi connectivity index (χ1n) is 6.28. The lowest BCUT2D eigenvalue weighted by Gasteiger charge is -2.21. The van der Waals surface area contributed by atoms with Crippen molar-refractivity contribution in [3.63, 3.8) is 0 Å². The summed E-state index contributed by atoms with van der Waals surface area (Å²) in [6.07, 6.45) is 1.20. The first-order chi connectivity index (χ1) is 9.86. The average Bonchev–Trinajstić information content (AvgIpc) is 2.46. The van der Waals surface area contributed by atoms with Gasteiger partial charge in [-0.25, -0.2) is 13.4 Å². The fourth-order valence-corrected chi connectivity index (χ4v) is 3.25. The van der Waals surface area contributed by atoms with Crippen molar-refractivity contribution in [3.8, 4) is 6.07 Å². The molecule has 0 spiro atoms. The lowest BCUT2D eigenvalue weighted by atomic mass is 10.1. The molecule has 0 bridgehead atoms. The number of pyridine rings is 1. The van der Waals surface area contributed by atoms with Gasteiger partial charge >= 0.3 is 0 Å². The van der Waals surface area contributed by atoms with Gasteiger partial charge in [0.15, 0.2) is 0 Å². The number of aromatic nitrogens is 1. The molecule has 0 radical (unpaired) electrons. The lowest BCUT2D eigenvalue weighted by molar-refractivity contribution is 0.594. The highest BCUT2D eigenvalue weighted by atomic mass is 32.2. The van der Waals surface area contributed by atoms with Gasteiger partial charge in [-0.3, -0.25) is 4.31 Å². The molecule has 2 aromatic rings. The second kappa shape index (κ2) is 5.54. The number of sulfonamides is 1. The fraction of sp³-hybridized carbons (Fsp3) is 0.200. The highest BCUT2D eigenvalue weighted by Gasteiger charge is 2.22. The SMILES string of the molecule is Cc1ccc(N(C)S(=O)(=O)c2ccc(C#N)nc2)c(C)c1. The van der Waals surface area contributed by atoms with Crippen LogP contribution in [0.2, 0.25) is 0 Å². The van der Waals surface area contributed by atoms with Gasteiger partial charge in [-0.2, -0.15) is 5.26 Å². The second-order valence-corrected chi connectivity index (χ2v) is 6.72. The molecule has 0 aliphatic heterocycles. The van der Waals surface area contributed by atoms with E-state index in [1.807, 2.05) is 32.0 Å². The summed E-state index contributed by atoms with van der Waals surface area (Å²) in [6.45, 7) is 3.82. The van der Waals surface area contributed by atoms with Crippen LogP contribution in [0.25, 0.3) is 0 Å². The Bertz CT molecular complexity index is 806. The topological polar surface area (TPSA) is 74.1 Å². The minimum Gasteiger partial charge on any atom is -0.269 e. The Morgan fingerprint density at radius 3 is 2.43 bits per heavy atom. The minimum absolute atomic E-state index is 0.0592. The molecule has 0 aliphatic rings. The molecule has 0 fully saturated rings. The number of nitriles is 1. The van der Waals surface area contributed by atoms with Crippen molar-refractivity contribution in [1.82, 2.24) is 4.98 Å². The Morgan fingerprint density at radius 1 is 1.19 bits per heavy atom. The third kappa shape index (κ3) is 2.88. The summed E-state index contributed by atoms with van der Waals surface area (Å²) in [7, 11) is -2.19. The quantitative estimate of drug-likeness (QED) is 0.872. The van der Waals surface area contributed by atoms with Gasteiger partial charge in [0.05, 0.1) is 5.69 Å². The number of anilines is 1. The third-order valence-electron chi connectivity index (χ3n) is 3.20. The summed E-state index contributed by atoms with van der Waals surface area (Å²) < 4.78 is 26.4. The number of hydrogen-bond donors (Lipinski definition) is 0. The van der Waals surface area contributed by atoms with Crippen molar-refractivity contribution in [2.75, 3.05) is 11.4 Å². The lowest BCUT2D eigenvalue weighted by Crippen LogP contribution is -2.27. The average molecular weight is 301 g/mol. The summed E-state index contributed by atoms with van der Waals surface area (Å²) >= 11 is 0. The summed E-state index contributed by atoms with van der Waals surface area (Å²) in [6, 6.07) is 10.2. The van der Waals surface area contributed by atoms with Gasteiger partial charge in [0.25, 0.3) is 10.0 Å². The van der Waals surface area contributed by atoms with Gasteiger partial charge in [0.1, 0.15) is 16.7 Å². The molecule has 0 atom stereocenters. The van der Waals surface area contributed by atoms with Crippen molar-refractivity contribution >= 4 is 15.7 Å². The standard InChI is InChI=1S/C15H15N3O2S/c1-11-4-7-15(12(2)8-11)18(3)21(19,20)14-6-5-13(9-16)17-10-14/h4-8,10H,1-3H3. The Morgan fingerprint density at radius 2 is 1.90 bits per heavy atom. The van der Waals surface area contributed by atoms with E-state index >= 15 is 0 Å². The number of rotatable bonds is 3. The molecule has 108 valence electrons. The van der Waals surface area contributed by atoms with Crippen LogP contribution < -0.4 is 4.31 Å². The molecule has 0 unspecified atom stereocenters. The minimum atomic E-state index is -3.69. The van der Waals surface area contributed by atoms with Crippen LogP contribution in [0, 0.1) is 25.2 Å². The highest BCUT2D eigenvalue weighted by molar-refractivity contribution is 7.92. The normalized spacial score (nSPS) is 11.0. The van der Waals surface area contributed by atoms with Crippen LogP contribution in [-0.4, -0.2) is 20.4 Å². The van der Waals surface area contributed by atoms with E-state index < -0.39 is 10.0 Å². The second-order valence-electron chi connectivity index (χ2n) is 4.75. The van der Waals surface area contributed by atoms with E-state index in [0.717, 1.165) is 11.1 Å². The predicted octanol–water partition coefficient (Wildman–Crippen LogP) is 2.40. The molecule has 0 N–H and O–H groups in total. The summed E-state index contributed by atoms with van der Waals surface area (Å²) in [4.78, 5) is 3.87. The molecule has 1 aromatic heterocycles. The van der Waals surface area contributed by atoms with Crippen molar-refractivity contribution in [1.29, 1.82) is 5.26 Å². The van der Waals surface area contributed by atoms with Crippen LogP contribution in [0.15, 0.2) is 41.4 Å². The van der Waals surface area contributed by atoms with E-state index in [9.17, 15) is 8.42 Å². The molecule has 0 amide bonds. The summed E-state index contributed by atoms with van der Waals surface area (Å²) in [5.41, 5.74) is 2.75. The summed E-state index contributed by atoms with van der Waals surface area (Å²) in [5, 5.41) is 8.71. The van der Waals surface area contributed by atoms with Gasteiger partial charge in [0, 0.05) is 13.2 Å². The van der Waals surface area contributed by atoms with Crippen LogP contribution in [-0.2, 0) is 10.0 Å². The molecule has 0 saturated carbocycles. The van der Waals surface area contributed by atoms with Crippen LogP contribution in [0.4, 0.5) is 5.69 Å². The summed E-state index contributed by atoms with van der Waals surface area (Å²) in [5.74, 6) is 0. The van der Waals surface area contributed by atoms with E-state index in [1.54, 1.807) is 6.07 Å². The van der Waals surface area contributed by atoms with Crippen LogP contribution >= 0.6 is 0 Å². The monoisotopic (exact) mass is 301 g/mol. The number of nitrogens with zero attached hydrogens (tertiary/aromatic N) is 3. The first-order valence-corrected chi connectivity index (χ1v) is 7.72. The molecule has 5 nitrogen and oxygen atoms in total. The number of aryl methyl sites for hydroxylation is 2. The van der Waals surface area contributed by atoms with E-state index in [-0.39, 0.29) is 10.6 Å². The van der Waals surface area contributed by atoms with Gasteiger partial charge in [-0.05, 0) is 37.6 Å². The number of benzene rings is 1. The van der Waals surface area contributed by atoms with Crippen molar-refractivity contribution in [2.24, 2.45) is 0 Å². The third-order valence-corrected chi connectivity index (χ3v) is 4.96. The molecule has 1 heterocycles.